The summed E-state index contributed by atoms with van der Waals surface area (Å²) in [5, 5.41) is 9.29. The molecule has 51 heavy (non-hydrogen) atoms. The number of anilines is 1. The summed E-state index contributed by atoms with van der Waals surface area (Å²) in [7, 11) is 0. The second-order valence-electron chi connectivity index (χ2n) is 12.3. The summed E-state index contributed by atoms with van der Waals surface area (Å²) >= 11 is 0.874. The van der Waals surface area contributed by atoms with E-state index >= 15 is 0 Å². The van der Waals surface area contributed by atoms with E-state index < -0.39 is 35.5 Å². The number of aryl methyl sites for hydroxylation is 2. The maximum Gasteiger partial charge on any atom is 0.573 e. The van der Waals surface area contributed by atoms with Gasteiger partial charge in [-0.25, -0.2) is 4.79 Å². The second-order valence-corrected chi connectivity index (χ2v) is 13.2. The van der Waals surface area contributed by atoms with Crippen molar-refractivity contribution in [1.29, 1.82) is 0 Å². The first-order chi connectivity index (χ1) is 24.2. The Morgan fingerprint density at radius 3 is 2.47 bits per heavy atom. The number of aromatic nitrogens is 1. The van der Waals surface area contributed by atoms with Gasteiger partial charge in [0.1, 0.15) is 10.6 Å². The predicted molar refractivity (Wildman–Crippen MR) is 182 cm³/mol. The zero-order chi connectivity index (χ0) is 36.7. The number of carbonyl (C=O) groups excluding carboxylic acids is 3. The van der Waals surface area contributed by atoms with Crippen LogP contribution in [-0.4, -0.2) is 41.0 Å². The molecule has 0 saturated carbocycles. The number of amides is 2. The zero-order valence-corrected chi connectivity index (χ0v) is 28.8. The molecule has 0 fully saturated rings. The average Bonchev–Trinajstić information content (AvgIpc) is 3.72. The highest BCUT2D eigenvalue weighted by Gasteiger charge is 2.56. The molecule has 6 rings (SSSR count). The molecular weight excluding hydrogens is 689 g/mol. The van der Waals surface area contributed by atoms with Crippen molar-refractivity contribution in [3.63, 3.8) is 0 Å². The summed E-state index contributed by atoms with van der Waals surface area (Å²) in [4.78, 5) is 57.3. The number of thiazole rings is 1. The molecule has 0 radical (unpaired) electrons. The van der Waals surface area contributed by atoms with E-state index in [9.17, 15) is 32.3 Å². The lowest BCUT2D eigenvalue weighted by atomic mass is 9.88. The number of nitrogens with one attached hydrogen (secondary N) is 2. The minimum absolute atomic E-state index is 0.0367. The van der Waals surface area contributed by atoms with Gasteiger partial charge in [-0.2, -0.15) is 0 Å². The van der Waals surface area contributed by atoms with Crippen molar-refractivity contribution < 1.29 is 41.9 Å². The number of halogens is 3. The lowest BCUT2D eigenvalue weighted by Gasteiger charge is -2.20. The Morgan fingerprint density at radius 1 is 1.06 bits per heavy atom. The standard InChI is InChI=1S/C36H33F3N4O7S/c1-5-48-32(45)28-16-35(50-42-28)27-15-25(49-36(37,38)39)14-24(29(27)41-33(35)46)13-22-10-7-11-23(12-22)17-40-31(44)30-21(4)43(34(47)51-30)18-26-19(2)8-6-9-20(26)3/h6-12,14-15H,5,13,16-18H2,1-4H3,(H,40,44)(H,41,46). The van der Waals surface area contributed by atoms with Crippen LogP contribution in [0.4, 0.5) is 18.9 Å². The lowest BCUT2D eigenvalue weighted by Crippen LogP contribution is -2.35. The Morgan fingerprint density at radius 2 is 1.76 bits per heavy atom. The molecule has 1 spiro atoms. The van der Waals surface area contributed by atoms with E-state index in [0.29, 0.717) is 28.2 Å². The number of carbonyl (C=O) groups is 3. The predicted octanol–water partition coefficient (Wildman–Crippen LogP) is 5.79. The van der Waals surface area contributed by atoms with Crippen LogP contribution >= 0.6 is 11.3 Å². The van der Waals surface area contributed by atoms with Crippen molar-refractivity contribution in [3.05, 3.63) is 114 Å². The van der Waals surface area contributed by atoms with Gasteiger partial charge in [-0.1, -0.05) is 59.0 Å². The maximum atomic E-state index is 13.4. The van der Waals surface area contributed by atoms with E-state index in [0.717, 1.165) is 34.1 Å². The van der Waals surface area contributed by atoms with Crippen LogP contribution in [0.25, 0.3) is 0 Å². The first-order valence-corrected chi connectivity index (χ1v) is 16.8. The van der Waals surface area contributed by atoms with Gasteiger partial charge in [0.15, 0.2) is 5.71 Å². The Kier molecular flexibility index (Phi) is 9.51. The molecule has 2 amide bonds. The van der Waals surface area contributed by atoms with Crippen molar-refractivity contribution in [1.82, 2.24) is 9.88 Å². The number of esters is 1. The molecule has 1 unspecified atom stereocenters. The van der Waals surface area contributed by atoms with Gasteiger partial charge in [-0.15, -0.1) is 13.2 Å². The summed E-state index contributed by atoms with van der Waals surface area (Å²) in [6.45, 7) is 7.78. The number of oxime groups is 1. The van der Waals surface area contributed by atoms with E-state index in [1.165, 1.54) is 6.07 Å². The monoisotopic (exact) mass is 722 g/mol. The highest BCUT2D eigenvalue weighted by molar-refractivity contribution is 7.11. The van der Waals surface area contributed by atoms with Gasteiger partial charge in [-0.05, 0) is 79.6 Å². The third kappa shape index (κ3) is 7.11. The molecule has 3 aromatic carbocycles. The molecule has 11 nitrogen and oxygen atoms in total. The Balaban J connectivity index is 1.22. The molecule has 1 aromatic heterocycles. The van der Waals surface area contributed by atoms with Crippen molar-refractivity contribution in [2.45, 2.75) is 65.6 Å². The van der Waals surface area contributed by atoms with Crippen molar-refractivity contribution in [3.8, 4) is 5.75 Å². The van der Waals surface area contributed by atoms with E-state index in [-0.39, 0.29) is 53.4 Å². The van der Waals surface area contributed by atoms with Crippen molar-refractivity contribution in [2.24, 2.45) is 5.16 Å². The Bertz CT molecular complexity index is 2140. The minimum atomic E-state index is -5.03. The molecule has 266 valence electrons. The third-order valence-corrected chi connectivity index (χ3v) is 9.94. The summed E-state index contributed by atoms with van der Waals surface area (Å²) < 4.78 is 51.0. The Labute approximate surface area is 294 Å². The number of hydrogen-bond acceptors (Lipinski definition) is 9. The highest BCUT2D eigenvalue weighted by atomic mass is 32.1. The molecule has 15 heteroatoms. The van der Waals surface area contributed by atoms with Crippen LogP contribution in [0, 0.1) is 20.8 Å². The smallest absolute Gasteiger partial charge is 0.461 e. The molecular formula is C36H33F3N4O7S. The molecule has 4 aromatic rings. The van der Waals surface area contributed by atoms with Crippen molar-refractivity contribution in [2.75, 3.05) is 11.9 Å². The quantitative estimate of drug-likeness (QED) is 0.198. The average molecular weight is 723 g/mol. The lowest BCUT2D eigenvalue weighted by molar-refractivity contribution is -0.274. The van der Waals surface area contributed by atoms with Crippen molar-refractivity contribution >= 4 is 40.5 Å². The summed E-state index contributed by atoms with van der Waals surface area (Å²) in [6.07, 6.45) is -5.32. The number of fused-ring (bicyclic) bond motifs is 2. The van der Waals surface area contributed by atoms with Gasteiger partial charge in [0.2, 0.25) is 5.60 Å². The largest absolute Gasteiger partial charge is 0.573 e. The molecule has 2 aliphatic rings. The minimum Gasteiger partial charge on any atom is -0.461 e. The van der Waals surface area contributed by atoms with Gasteiger partial charge in [-0.3, -0.25) is 19.0 Å². The fourth-order valence-electron chi connectivity index (χ4n) is 6.29. The number of rotatable bonds is 10. The van der Waals surface area contributed by atoms with Gasteiger partial charge >= 0.3 is 17.2 Å². The third-order valence-electron chi connectivity index (χ3n) is 8.86. The Hall–Kier alpha value is -5.44. The van der Waals surface area contributed by atoms with E-state index in [1.54, 1.807) is 42.7 Å². The van der Waals surface area contributed by atoms with Crippen LogP contribution in [0.1, 0.15) is 67.7 Å². The van der Waals surface area contributed by atoms with Crippen LogP contribution in [0.3, 0.4) is 0 Å². The summed E-state index contributed by atoms with van der Waals surface area (Å²) in [6, 6.07) is 15.2. The van der Waals surface area contributed by atoms with Crippen LogP contribution < -0.4 is 20.2 Å². The first-order valence-electron chi connectivity index (χ1n) is 16.0. The molecule has 3 heterocycles. The molecule has 0 aliphatic carbocycles. The highest BCUT2D eigenvalue weighted by Crippen LogP contribution is 2.48. The number of ether oxygens (including phenoxy) is 2. The number of benzene rings is 3. The second kappa shape index (κ2) is 13.7. The van der Waals surface area contributed by atoms with Crippen LogP contribution in [0.15, 0.2) is 64.5 Å². The van der Waals surface area contributed by atoms with Gasteiger partial charge in [0.25, 0.3) is 11.8 Å². The molecule has 0 saturated heterocycles. The van der Waals surface area contributed by atoms with Gasteiger partial charge in [0.05, 0.1) is 25.3 Å². The summed E-state index contributed by atoms with van der Waals surface area (Å²) in [5.74, 6) is -2.50. The van der Waals surface area contributed by atoms with Crippen LogP contribution in [0.2, 0.25) is 0 Å². The molecule has 0 bridgehead atoms. The summed E-state index contributed by atoms with van der Waals surface area (Å²) in [5.41, 5.74) is 3.49. The van der Waals surface area contributed by atoms with Gasteiger partial charge in [0, 0.05) is 17.8 Å². The topological polar surface area (TPSA) is 137 Å². The fraction of sp³-hybridized carbons (Fsp3) is 0.306. The number of nitrogens with zero attached hydrogens (tertiary/aromatic N) is 2. The molecule has 2 N–H and O–H groups in total. The maximum absolute atomic E-state index is 13.4. The van der Waals surface area contributed by atoms with E-state index in [1.807, 2.05) is 32.0 Å². The van der Waals surface area contributed by atoms with Crippen LogP contribution in [-0.2, 0) is 44.3 Å². The SMILES string of the molecule is CCOC(=O)C1=NOC2(C1)C(=O)Nc1c(Cc3cccc(CNC(=O)c4sc(=O)n(Cc5c(C)cccc5C)c4C)c3)cc(OC(F)(F)F)cc12. The van der Waals surface area contributed by atoms with Gasteiger partial charge < -0.3 is 24.9 Å². The van der Waals surface area contributed by atoms with E-state index in [2.05, 4.69) is 20.5 Å². The normalized spacial score (nSPS) is 16.4. The first kappa shape index (κ1) is 35.4. The van der Waals surface area contributed by atoms with E-state index in [4.69, 9.17) is 9.57 Å². The molecule has 2 aliphatic heterocycles. The fourth-order valence-corrected chi connectivity index (χ4v) is 7.20. The molecule has 1 atom stereocenters. The number of alkyl halides is 3. The zero-order valence-electron chi connectivity index (χ0n) is 28.0. The van der Waals surface area contributed by atoms with Crippen LogP contribution in [0.5, 0.6) is 5.75 Å². The number of hydrogen-bond donors (Lipinski definition) is 2.